The molecule has 3 amide bonds. The van der Waals surface area contributed by atoms with Gasteiger partial charge >= 0.3 is 6.03 Å². The molecule has 8 heteroatoms. The fraction of sp³-hybridized carbons (Fsp3) is 0.343. The van der Waals surface area contributed by atoms with Gasteiger partial charge in [0.2, 0.25) is 0 Å². The van der Waals surface area contributed by atoms with E-state index in [-0.39, 0.29) is 17.4 Å². The molecule has 2 N–H and O–H groups in total. The zero-order valence-corrected chi connectivity index (χ0v) is 26.1. The number of carbonyl (C=O) groups excluding carboxylic acids is 2. The van der Waals surface area contributed by atoms with Crippen molar-refractivity contribution in [2.75, 3.05) is 36.8 Å². The fourth-order valence-electron chi connectivity index (χ4n) is 5.30. The Morgan fingerprint density at radius 3 is 2.16 bits per heavy atom. The van der Waals surface area contributed by atoms with Gasteiger partial charge in [-0.05, 0) is 61.7 Å². The van der Waals surface area contributed by atoms with Crippen LogP contribution in [0.2, 0.25) is 0 Å². The molecule has 4 aromatic rings. The molecule has 0 spiro atoms. The lowest BCUT2D eigenvalue weighted by atomic mass is 9.92. The largest absolute Gasteiger partial charge is 0.336 e. The van der Waals surface area contributed by atoms with E-state index in [0.717, 1.165) is 59.0 Å². The Balaban J connectivity index is 1.20. The van der Waals surface area contributed by atoms with E-state index >= 15 is 0 Å². The minimum absolute atomic E-state index is 0.110. The van der Waals surface area contributed by atoms with Crippen LogP contribution in [0.1, 0.15) is 59.1 Å². The van der Waals surface area contributed by atoms with Crippen LogP contribution < -0.4 is 10.6 Å². The molecule has 1 saturated heterocycles. The number of amides is 3. The van der Waals surface area contributed by atoms with Crippen molar-refractivity contribution in [3.05, 3.63) is 106 Å². The molecule has 8 nitrogen and oxygen atoms in total. The van der Waals surface area contributed by atoms with Crippen LogP contribution in [0, 0.1) is 20.8 Å². The zero-order chi connectivity index (χ0) is 30.7. The van der Waals surface area contributed by atoms with Crippen molar-refractivity contribution in [3.63, 3.8) is 0 Å². The molecule has 0 radical (unpaired) electrons. The van der Waals surface area contributed by atoms with E-state index in [1.54, 1.807) is 4.68 Å². The molecule has 224 valence electrons. The van der Waals surface area contributed by atoms with Gasteiger partial charge in [-0.15, -0.1) is 0 Å². The Hall–Kier alpha value is -4.43. The molecule has 1 aromatic heterocycles. The number of piperazine rings is 1. The van der Waals surface area contributed by atoms with Gasteiger partial charge in [0.05, 0.1) is 11.4 Å². The van der Waals surface area contributed by atoms with E-state index in [2.05, 4.69) is 48.4 Å². The van der Waals surface area contributed by atoms with Crippen LogP contribution >= 0.6 is 0 Å². The topological polar surface area (TPSA) is 82.5 Å². The third-order valence-electron chi connectivity index (χ3n) is 7.98. The Bertz CT molecular complexity index is 1610. The number of carbonyl (C=O) groups is 2. The number of hydrogen-bond acceptors (Lipinski definition) is 4. The van der Waals surface area contributed by atoms with E-state index in [1.165, 1.54) is 5.56 Å². The number of aromatic nitrogens is 2. The number of hydrogen-bond donors (Lipinski definition) is 2. The third kappa shape index (κ3) is 7.14. The molecule has 1 aliphatic rings. The highest BCUT2D eigenvalue weighted by Crippen LogP contribution is 2.27. The van der Waals surface area contributed by atoms with Crippen molar-refractivity contribution in [2.24, 2.45) is 0 Å². The Morgan fingerprint density at radius 2 is 1.51 bits per heavy atom. The average molecular weight is 579 g/mol. The maximum absolute atomic E-state index is 13.1. The summed E-state index contributed by atoms with van der Waals surface area (Å²) in [7, 11) is 0. The van der Waals surface area contributed by atoms with Crippen LogP contribution in [0.15, 0.2) is 72.8 Å². The molecule has 1 aliphatic heterocycles. The van der Waals surface area contributed by atoms with Gasteiger partial charge in [-0.1, -0.05) is 68.8 Å². The maximum atomic E-state index is 13.1. The highest BCUT2D eigenvalue weighted by molar-refractivity contribution is 6.00. The van der Waals surface area contributed by atoms with E-state index < -0.39 is 0 Å². The first kappa shape index (κ1) is 30.0. The molecular weight excluding hydrogens is 536 g/mol. The van der Waals surface area contributed by atoms with Crippen molar-refractivity contribution in [3.8, 4) is 5.69 Å². The highest BCUT2D eigenvalue weighted by atomic mass is 16.2. The van der Waals surface area contributed by atoms with Crippen LogP contribution in [0.25, 0.3) is 5.69 Å². The molecule has 2 heterocycles. The van der Waals surface area contributed by atoms with Crippen molar-refractivity contribution in [1.82, 2.24) is 19.6 Å². The van der Waals surface area contributed by atoms with Crippen molar-refractivity contribution in [2.45, 2.75) is 53.5 Å². The Labute approximate surface area is 254 Å². The van der Waals surface area contributed by atoms with Crippen LogP contribution in [0.4, 0.5) is 16.3 Å². The number of aryl methyl sites for hydroxylation is 3. The lowest BCUT2D eigenvalue weighted by Crippen LogP contribution is -2.48. The molecule has 1 fully saturated rings. The normalized spacial score (nSPS) is 14.0. The number of nitrogens with zero attached hydrogens (tertiary/aromatic N) is 4. The van der Waals surface area contributed by atoms with Crippen molar-refractivity contribution < 1.29 is 9.59 Å². The molecule has 3 aromatic carbocycles. The molecule has 0 aliphatic carbocycles. The van der Waals surface area contributed by atoms with Crippen molar-refractivity contribution in [1.29, 1.82) is 0 Å². The summed E-state index contributed by atoms with van der Waals surface area (Å²) in [5.41, 5.74) is 7.49. The summed E-state index contributed by atoms with van der Waals surface area (Å²) >= 11 is 0. The average Bonchev–Trinajstić information content (AvgIpc) is 3.39. The standard InChI is InChI=1S/C35H42N6O2/c1-24-11-14-28(15-12-24)41-32(22-31(38-41)35(4,5)6)37-34(43)36-30-16-13-27(21-26(30)3)23-39-17-19-40(20-18-39)33(42)29-10-8-7-9-25(29)2/h7-16,21-22H,17-20,23H2,1-6H3,(H2,36,37,43). The molecule has 0 saturated carbocycles. The van der Waals surface area contributed by atoms with Gasteiger partial charge in [0.25, 0.3) is 5.91 Å². The summed E-state index contributed by atoms with van der Waals surface area (Å²) in [5, 5.41) is 10.8. The van der Waals surface area contributed by atoms with E-state index in [1.807, 2.05) is 86.3 Å². The summed E-state index contributed by atoms with van der Waals surface area (Å²) in [5.74, 6) is 0.722. The molecule has 0 unspecified atom stereocenters. The molecular formula is C35H42N6O2. The lowest BCUT2D eigenvalue weighted by Gasteiger charge is -2.35. The second kappa shape index (κ2) is 12.4. The monoisotopic (exact) mass is 578 g/mol. The van der Waals surface area contributed by atoms with Crippen molar-refractivity contribution >= 4 is 23.4 Å². The second-order valence-corrected chi connectivity index (χ2v) is 12.5. The van der Waals surface area contributed by atoms with Gasteiger partial charge in [-0.2, -0.15) is 5.10 Å². The summed E-state index contributed by atoms with van der Waals surface area (Å²) < 4.78 is 1.78. The number of rotatable bonds is 6. The van der Waals surface area contributed by atoms with Gasteiger partial charge in [0.15, 0.2) is 0 Å². The van der Waals surface area contributed by atoms with Gasteiger partial charge in [-0.25, -0.2) is 9.48 Å². The summed E-state index contributed by atoms with van der Waals surface area (Å²) in [6, 6.07) is 23.6. The van der Waals surface area contributed by atoms with E-state index in [0.29, 0.717) is 18.9 Å². The third-order valence-corrected chi connectivity index (χ3v) is 7.98. The molecule has 5 rings (SSSR count). The number of urea groups is 1. The first-order chi connectivity index (χ1) is 20.5. The SMILES string of the molecule is Cc1ccc(-n2nc(C(C)(C)C)cc2NC(=O)Nc2ccc(CN3CCN(C(=O)c4ccccc4C)CC3)cc2C)cc1. The number of anilines is 2. The fourth-order valence-corrected chi connectivity index (χ4v) is 5.30. The first-order valence-corrected chi connectivity index (χ1v) is 14.9. The highest BCUT2D eigenvalue weighted by Gasteiger charge is 2.24. The summed E-state index contributed by atoms with van der Waals surface area (Å²) in [6.45, 7) is 16.2. The molecule has 0 atom stereocenters. The number of nitrogens with one attached hydrogen (secondary N) is 2. The summed E-state index contributed by atoms with van der Waals surface area (Å²) in [6.07, 6.45) is 0. The first-order valence-electron chi connectivity index (χ1n) is 14.9. The minimum atomic E-state index is -0.320. The predicted octanol–water partition coefficient (Wildman–Crippen LogP) is 6.70. The second-order valence-electron chi connectivity index (χ2n) is 12.5. The maximum Gasteiger partial charge on any atom is 0.324 e. The lowest BCUT2D eigenvalue weighted by molar-refractivity contribution is 0.0627. The van der Waals surface area contributed by atoms with Crippen LogP contribution in [0.3, 0.4) is 0 Å². The minimum Gasteiger partial charge on any atom is -0.336 e. The summed E-state index contributed by atoms with van der Waals surface area (Å²) in [4.78, 5) is 30.4. The van der Waals surface area contributed by atoms with Gasteiger partial charge < -0.3 is 10.2 Å². The van der Waals surface area contributed by atoms with E-state index in [9.17, 15) is 9.59 Å². The predicted molar refractivity (Wildman–Crippen MR) is 173 cm³/mol. The zero-order valence-electron chi connectivity index (χ0n) is 26.1. The smallest absolute Gasteiger partial charge is 0.324 e. The molecule has 0 bridgehead atoms. The van der Waals surface area contributed by atoms with Gasteiger partial charge in [-0.3, -0.25) is 15.0 Å². The number of benzene rings is 3. The van der Waals surface area contributed by atoms with Gasteiger partial charge in [0.1, 0.15) is 5.82 Å². The van der Waals surface area contributed by atoms with Crippen LogP contribution in [0.5, 0.6) is 0 Å². The van der Waals surface area contributed by atoms with Crippen LogP contribution in [-0.4, -0.2) is 57.7 Å². The Morgan fingerprint density at radius 1 is 0.814 bits per heavy atom. The van der Waals surface area contributed by atoms with E-state index in [4.69, 9.17) is 5.10 Å². The van der Waals surface area contributed by atoms with Crippen LogP contribution in [-0.2, 0) is 12.0 Å². The molecule has 43 heavy (non-hydrogen) atoms. The Kier molecular flexibility index (Phi) is 8.69. The van der Waals surface area contributed by atoms with Gasteiger partial charge in [0, 0.05) is 55.5 Å². The quantitative estimate of drug-likeness (QED) is 0.267.